The molecule has 0 bridgehead atoms. The van der Waals surface area contributed by atoms with Crippen molar-refractivity contribution >= 4 is 17.2 Å². The van der Waals surface area contributed by atoms with E-state index in [2.05, 4.69) is 35.0 Å². The van der Waals surface area contributed by atoms with E-state index in [9.17, 15) is 4.79 Å². The van der Waals surface area contributed by atoms with Crippen molar-refractivity contribution in [3.63, 3.8) is 0 Å². The van der Waals surface area contributed by atoms with Gasteiger partial charge in [-0.15, -0.1) is 0 Å². The fourth-order valence-corrected chi connectivity index (χ4v) is 3.77. The van der Waals surface area contributed by atoms with Crippen molar-refractivity contribution in [2.24, 2.45) is 5.92 Å². The average molecular weight is 333 g/mol. The van der Waals surface area contributed by atoms with Crippen LogP contribution in [0.1, 0.15) is 34.5 Å². The summed E-state index contributed by atoms with van der Waals surface area (Å²) in [6, 6.07) is 10.3. The van der Waals surface area contributed by atoms with E-state index in [1.165, 1.54) is 11.3 Å². The van der Waals surface area contributed by atoms with Crippen molar-refractivity contribution < 1.29 is 4.79 Å². The molecule has 25 heavy (non-hydrogen) atoms. The van der Waals surface area contributed by atoms with Gasteiger partial charge in [-0.25, -0.2) is 4.98 Å². The van der Waals surface area contributed by atoms with Crippen LogP contribution in [0.4, 0.5) is 5.69 Å². The normalized spacial score (nSPS) is 16.7. The fourth-order valence-electron chi connectivity index (χ4n) is 3.77. The predicted octanol–water partition coefficient (Wildman–Crippen LogP) is 4.00. The van der Waals surface area contributed by atoms with E-state index in [0.717, 1.165) is 47.4 Å². The maximum Gasteiger partial charge on any atom is 0.227 e. The van der Waals surface area contributed by atoms with Crippen LogP contribution in [0.25, 0.3) is 5.65 Å². The third-order valence-electron chi connectivity index (χ3n) is 5.23. The zero-order valence-corrected chi connectivity index (χ0v) is 15.0. The summed E-state index contributed by atoms with van der Waals surface area (Å²) in [5, 5.41) is 3.16. The first-order valence-electron chi connectivity index (χ1n) is 8.86. The number of imidazole rings is 1. The lowest BCUT2D eigenvalue weighted by atomic mass is 9.89. The minimum Gasteiger partial charge on any atom is -0.325 e. The molecule has 0 fully saturated rings. The number of carbonyl (C=O) groups excluding carboxylic acids is 1. The lowest BCUT2D eigenvalue weighted by molar-refractivity contribution is -0.120. The fraction of sp³-hybridized carbons (Fsp3) is 0.333. The number of aryl methyl sites for hydroxylation is 4. The van der Waals surface area contributed by atoms with Crippen molar-refractivity contribution in [3.8, 4) is 0 Å². The van der Waals surface area contributed by atoms with E-state index in [0.29, 0.717) is 0 Å². The molecule has 1 aromatic carbocycles. The van der Waals surface area contributed by atoms with Gasteiger partial charge in [0.1, 0.15) is 5.65 Å². The summed E-state index contributed by atoms with van der Waals surface area (Å²) < 4.78 is 2.14. The Morgan fingerprint density at radius 3 is 2.72 bits per heavy atom. The van der Waals surface area contributed by atoms with Crippen LogP contribution in [0, 0.1) is 26.7 Å². The summed E-state index contributed by atoms with van der Waals surface area (Å²) in [5.41, 5.74) is 7.68. The number of para-hydroxylation sites is 1. The van der Waals surface area contributed by atoms with Crippen LogP contribution in [0.5, 0.6) is 0 Å². The number of fused-ring (bicyclic) bond motifs is 3. The average Bonchev–Trinajstić information content (AvgIpc) is 2.94. The van der Waals surface area contributed by atoms with Crippen LogP contribution >= 0.6 is 0 Å². The van der Waals surface area contributed by atoms with Crippen molar-refractivity contribution in [3.05, 3.63) is 64.6 Å². The summed E-state index contributed by atoms with van der Waals surface area (Å²) >= 11 is 0. The quantitative estimate of drug-likeness (QED) is 0.770. The molecule has 4 nitrogen and oxygen atoms in total. The minimum atomic E-state index is -0.00675. The summed E-state index contributed by atoms with van der Waals surface area (Å²) in [4.78, 5) is 17.6. The van der Waals surface area contributed by atoms with Crippen molar-refractivity contribution in [1.29, 1.82) is 0 Å². The number of nitrogens with one attached hydrogen (secondary N) is 1. The predicted molar refractivity (Wildman–Crippen MR) is 100.0 cm³/mol. The molecule has 0 spiro atoms. The van der Waals surface area contributed by atoms with Gasteiger partial charge in [0.25, 0.3) is 0 Å². The lowest BCUT2D eigenvalue weighted by Gasteiger charge is -2.22. The van der Waals surface area contributed by atoms with E-state index in [4.69, 9.17) is 4.98 Å². The van der Waals surface area contributed by atoms with Crippen LogP contribution in [0.15, 0.2) is 36.5 Å². The van der Waals surface area contributed by atoms with Crippen LogP contribution in [0.2, 0.25) is 0 Å². The largest absolute Gasteiger partial charge is 0.325 e. The van der Waals surface area contributed by atoms with E-state index in [-0.39, 0.29) is 11.8 Å². The van der Waals surface area contributed by atoms with Gasteiger partial charge in [-0.2, -0.15) is 0 Å². The molecule has 4 heteroatoms. The number of pyridine rings is 1. The molecule has 4 rings (SSSR count). The second-order valence-corrected chi connectivity index (χ2v) is 7.13. The van der Waals surface area contributed by atoms with E-state index in [1.807, 2.05) is 32.0 Å². The molecule has 0 aliphatic heterocycles. The van der Waals surface area contributed by atoms with Crippen LogP contribution in [-0.4, -0.2) is 15.3 Å². The molecule has 1 N–H and O–H groups in total. The summed E-state index contributed by atoms with van der Waals surface area (Å²) in [5.74, 6) is 0.109. The highest BCUT2D eigenvalue weighted by Crippen LogP contribution is 2.28. The number of benzene rings is 1. The van der Waals surface area contributed by atoms with E-state index >= 15 is 0 Å². The molecule has 1 aliphatic rings. The first kappa shape index (κ1) is 15.9. The number of carbonyl (C=O) groups is 1. The number of aromatic nitrogens is 2. The van der Waals surface area contributed by atoms with E-state index in [1.54, 1.807) is 0 Å². The van der Waals surface area contributed by atoms with Gasteiger partial charge in [-0.05, 0) is 62.4 Å². The highest BCUT2D eigenvalue weighted by Gasteiger charge is 2.28. The molecular formula is C21H23N3O. The van der Waals surface area contributed by atoms with Crippen molar-refractivity contribution in [2.45, 2.75) is 40.0 Å². The molecule has 3 aromatic rings. The van der Waals surface area contributed by atoms with Gasteiger partial charge < -0.3 is 9.72 Å². The van der Waals surface area contributed by atoms with Gasteiger partial charge in [0.15, 0.2) is 0 Å². The number of hydrogen-bond donors (Lipinski definition) is 1. The molecule has 128 valence electrons. The van der Waals surface area contributed by atoms with Crippen LogP contribution < -0.4 is 5.32 Å². The zero-order valence-electron chi connectivity index (χ0n) is 15.0. The van der Waals surface area contributed by atoms with Gasteiger partial charge in [0.05, 0.1) is 5.69 Å². The number of hydrogen-bond acceptors (Lipinski definition) is 2. The molecule has 1 atom stereocenters. The van der Waals surface area contributed by atoms with Crippen LogP contribution in [0.3, 0.4) is 0 Å². The number of rotatable bonds is 2. The molecule has 1 unspecified atom stereocenters. The molecule has 1 aliphatic carbocycles. The third kappa shape index (κ3) is 2.82. The molecule has 2 aromatic heterocycles. The summed E-state index contributed by atoms with van der Waals surface area (Å²) in [6.07, 6.45) is 4.53. The number of anilines is 1. The second kappa shape index (κ2) is 6.03. The Labute approximate surface area is 147 Å². The van der Waals surface area contributed by atoms with Gasteiger partial charge in [0.2, 0.25) is 5.91 Å². The smallest absolute Gasteiger partial charge is 0.227 e. The Balaban J connectivity index is 1.59. The third-order valence-corrected chi connectivity index (χ3v) is 5.23. The van der Waals surface area contributed by atoms with Gasteiger partial charge >= 0.3 is 0 Å². The second-order valence-electron chi connectivity index (χ2n) is 7.13. The maximum atomic E-state index is 12.9. The Morgan fingerprint density at radius 2 is 1.96 bits per heavy atom. The Hall–Kier alpha value is -2.62. The molecule has 0 saturated carbocycles. The summed E-state index contributed by atoms with van der Waals surface area (Å²) in [6.45, 7) is 6.15. The Bertz CT molecular complexity index is 950. The molecule has 1 amide bonds. The SMILES string of the molecule is Cc1ccn2c3c(nc2c1)CCC(C(=O)Nc1c(C)cccc1C)C3. The van der Waals surface area contributed by atoms with Crippen molar-refractivity contribution in [2.75, 3.05) is 5.32 Å². The van der Waals surface area contributed by atoms with Crippen molar-refractivity contribution in [1.82, 2.24) is 9.38 Å². The first-order valence-corrected chi connectivity index (χ1v) is 8.86. The number of amides is 1. The molecule has 2 heterocycles. The zero-order chi connectivity index (χ0) is 17.6. The van der Waals surface area contributed by atoms with Gasteiger partial charge in [-0.1, -0.05) is 18.2 Å². The van der Waals surface area contributed by atoms with Gasteiger partial charge in [0, 0.05) is 29.9 Å². The minimum absolute atomic E-state index is 0.00675. The highest BCUT2D eigenvalue weighted by molar-refractivity contribution is 5.94. The maximum absolute atomic E-state index is 12.9. The topological polar surface area (TPSA) is 46.4 Å². The highest BCUT2D eigenvalue weighted by atomic mass is 16.1. The lowest BCUT2D eigenvalue weighted by Crippen LogP contribution is -2.29. The molecule has 0 saturated heterocycles. The molecular weight excluding hydrogens is 310 g/mol. The standard InChI is InChI=1S/C21H23N3O/c1-13-9-10-24-18-12-16(7-8-17(18)22-19(24)11-13)21(25)23-20-14(2)5-4-6-15(20)3/h4-6,9-11,16H,7-8,12H2,1-3H3,(H,23,25). The Morgan fingerprint density at radius 1 is 1.20 bits per heavy atom. The summed E-state index contributed by atoms with van der Waals surface area (Å²) in [7, 11) is 0. The number of nitrogens with zero attached hydrogens (tertiary/aromatic N) is 2. The molecule has 0 radical (unpaired) electrons. The van der Waals surface area contributed by atoms with E-state index < -0.39 is 0 Å². The monoisotopic (exact) mass is 333 g/mol. The Kier molecular flexibility index (Phi) is 3.83. The first-order chi connectivity index (χ1) is 12.0. The van der Waals surface area contributed by atoms with Crippen LogP contribution in [-0.2, 0) is 17.6 Å². The van der Waals surface area contributed by atoms with Gasteiger partial charge in [-0.3, -0.25) is 4.79 Å².